The largest absolute Gasteiger partial charge is 0.494 e. The summed E-state index contributed by atoms with van der Waals surface area (Å²) in [5.74, 6) is -1.33. The molecule has 0 unspecified atom stereocenters. The van der Waals surface area contributed by atoms with Crippen LogP contribution < -0.4 is 15.0 Å². The smallest absolute Gasteiger partial charge is 0.335 e. The number of hydrogen-bond donors (Lipinski definition) is 1. The fourth-order valence-corrected chi connectivity index (χ4v) is 4.46. The van der Waals surface area contributed by atoms with Crippen LogP contribution in [0.5, 0.6) is 5.75 Å². The first kappa shape index (κ1) is 25.2. The lowest BCUT2D eigenvalue weighted by Gasteiger charge is -2.26. The zero-order valence-corrected chi connectivity index (χ0v) is 21.2. The van der Waals surface area contributed by atoms with Crippen LogP contribution in [0.3, 0.4) is 0 Å². The van der Waals surface area contributed by atoms with E-state index < -0.39 is 23.7 Å². The quantitative estimate of drug-likeness (QED) is 0.183. The van der Waals surface area contributed by atoms with Gasteiger partial charge in [-0.25, -0.2) is 14.1 Å². The Balaban J connectivity index is 1.38. The number of rotatable bonds is 7. The first-order valence-electron chi connectivity index (χ1n) is 12.0. The van der Waals surface area contributed by atoms with E-state index in [4.69, 9.17) is 16.3 Å². The highest BCUT2D eigenvalue weighted by Gasteiger charge is 2.37. The molecule has 0 spiro atoms. The van der Waals surface area contributed by atoms with Gasteiger partial charge in [-0.1, -0.05) is 29.8 Å². The minimum Gasteiger partial charge on any atom is -0.494 e. The van der Waals surface area contributed by atoms with Crippen molar-refractivity contribution in [3.05, 3.63) is 100 Å². The van der Waals surface area contributed by atoms with Gasteiger partial charge in [-0.3, -0.25) is 14.9 Å². The number of para-hydroxylation sites is 1. The van der Waals surface area contributed by atoms with Crippen molar-refractivity contribution in [2.24, 2.45) is 0 Å². The number of aromatic nitrogens is 1. The highest BCUT2D eigenvalue weighted by Crippen LogP contribution is 2.27. The van der Waals surface area contributed by atoms with E-state index in [-0.39, 0.29) is 11.3 Å². The number of carbonyl (C=O) groups is 3. The van der Waals surface area contributed by atoms with Crippen molar-refractivity contribution in [2.45, 2.75) is 19.9 Å². The number of barbiturate groups is 1. The maximum Gasteiger partial charge on any atom is 0.335 e. The maximum absolute atomic E-state index is 13.4. The van der Waals surface area contributed by atoms with E-state index in [1.54, 1.807) is 6.07 Å². The molecule has 1 aliphatic heterocycles. The molecule has 0 bridgehead atoms. The molecule has 4 aromatic rings. The minimum atomic E-state index is -0.887. The topological polar surface area (TPSA) is 80.6 Å². The fraction of sp³-hybridized carbons (Fsp3) is 0.138. The van der Waals surface area contributed by atoms with E-state index in [0.29, 0.717) is 30.2 Å². The normalized spacial score (nSPS) is 14.9. The summed E-state index contributed by atoms with van der Waals surface area (Å²) in [6.07, 6.45) is 4.05. The molecule has 1 fully saturated rings. The number of halogens is 2. The molecule has 38 heavy (non-hydrogen) atoms. The van der Waals surface area contributed by atoms with E-state index in [0.717, 1.165) is 39.2 Å². The van der Waals surface area contributed by atoms with Crippen LogP contribution in [0, 0.1) is 12.7 Å². The second-order valence-electron chi connectivity index (χ2n) is 8.84. The van der Waals surface area contributed by atoms with Crippen molar-refractivity contribution >= 4 is 52.1 Å². The van der Waals surface area contributed by atoms with E-state index in [2.05, 4.69) is 5.32 Å². The van der Waals surface area contributed by atoms with Crippen LogP contribution in [0.2, 0.25) is 5.02 Å². The third-order valence-electron chi connectivity index (χ3n) is 6.25. The molecule has 1 N–H and O–H groups in total. The number of aryl methyl sites for hydroxylation is 2. The van der Waals surface area contributed by atoms with Gasteiger partial charge < -0.3 is 9.30 Å². The van der Waals surface area contributed by atoms with Gasteiger partial charge in [-0.05, 0) is 73.5 Å². The number of amides is 4. The first-order valence-corrected chi connectivity index (χ1v) is 12.3. The molecule has 1 saturated heterocycles. The molecule has 0 saturated carbocycles. The van der Waals surface area contributed by atoms with Gasteiger partial charge in [0.25, 0.3) is 11.8 Å². The van der Waals surface area contributed by atoms with Gasteiger partial charge in [0.15, 0.2) is 0 Å². The molecule has 3 aromatic carbocycles. The number of nitrogens with one attached hydrogen (secondary N) is 1. The number of benzene rings is 3. The summed E-state index contributed by atoms with van der Waals surface area (Å²) < 4.78 is 21.3. The third-order valence-corrected chi connectivity index (χ3v) is 6.67. The monoisotopic (exact) mass is 531 g/mol. The highest BCUT2D eigenvalue weighted by atomic mass is 35.5. The predicted octanol–water partition coefficient (Wildman–Crippen LogP) is 5.88. The van der Waals surface area contributed by atoms with Gasteiger partial charge in [0.05, 0.1) is 12.3 Å². The maximum atomic E-state index is 13.4. The first-order chi connectivity index (χ1) is 18.3. The fourth-order valence-electron chi connectivity index (χ4n) is 4.34. The Hall–Kier alpha value is -4.43. The Labute approximate surface area is 223 Å². The van der Waals surface area contributed by atoms with Gasteiger partial charge in [0.1, 0.15) is 17.1 Å². The molecule has 4 amide bonds. The number of fused-ring (bicyclic) bond motifs is 1. The lowest BCUT2D eigenvalue weighted by atomic mass is 10.1. The van der Waals surface area contributed by atoms with Crippen LogP contribution in [0.4, 0.5) is 14.9 Å². The van der Waals surface area contributed by atoms with Crippen LogP contribution in [0.1, 0.15) is 17.5 Å². The molecule has 2 heterocycles. The molecule has 0 aliphatic carbocycles. The van der Waals surface area contributed by atoms with E-state index >= 15 is 0 Å². The summed E-state index contributed by atoms with van der Waals surface area (Å²) in [7, 11) is 0. The average molecular weight is 532 g/mol. The number of nitrogens with zero attached hydrogens (tertiary/aromatic N) is 2. The molecule has 0 atom stereocenters. The lowest BCUT2D eigenvalue weighted by molar-refractivity contribution is -0.122. The number of imide groups is 2. The Kier molecular flexibility index (Phi) is 6.98. The van der Waals surface area contributed by atoms with Crippen LogP contribution in [-0.4, -0.2) is 29.0 Å². The summed E-state index contributed by atoms with van der Waals surface area (Å²) in [5, 5.41) is 3.73. The molecule has 1 aromatic heterocycles. The highest BCUT2D eigenvalue weighted by molar-refractivity contribution is 6.39. The molecule has 1 aliphatic rings. The zero-order chi connectivity index (χ0) is 26.8. The van der Waals surface area contributed by atoms with Crippen LogP contribution in [0.25, 0.3) is 17.0 Å². The standard InChI is InChI=1S/C29H23ClFN3O4/c1-18-15-22(11-12-25(18)30)38-14-4-13-33-17-19(23-5-2-3-6-26(23)33)16-24-27(35)32-29(37)34(28(24)36)21-9-7-20(31)8-10-21/h2-3,5-12,15-17H,4,13-14H2,1H3,(H,32,35,37). The van der Waals surface area contributed by atoms with Crippen molar-refractivity contribution in [2.75, 3.05) is 11.5 Å². The van der Waals surface area contributed by atoms with E-state index in [9.17, 15) is 18.8 Å². The van der Waals surface area contributed by atoms with Gasteiger partial charge >= 0.3 is 6.03 Å². The second kappa shape index (κ2) is 10.5. The van der Waals surface area contributed by atoms with Crippen molar-refractivity contribution in [1.29, 1.82) is 0 Å². The number of carbonyl (C=O) groups excluding carboxylic acids is 3. The molecular weight excluding hydrogens is 509 g/mol. The average Bonchev–Trinajstić information content (AvgIpc) is 3.25. The Morgan fingerprint density at radius 3 is 2.55 bits per heavy atom. The molecular formula is C29H23ClFN3O4. The molecule has 0 radical (unpaired) electrons. The SMILES string of the molecule is Cc1cc(OCCCn2cc(C=C3C(=O)NC(=O)N(c4ccc(F)cc4)C3=O)c3ccccc32)ccc1Cl. The van der Waals surface area contributed by atoms with Crippen molar-refractivity contribution in [1.82, 2.24) is 9.88 Å². The van der Waals surface area contributed by atoms with Gasteiger partial charge in [-0.2, -0.15) is 0 Å². The molecule has 9 heteroatoms. The van der Waals surface area contributed by atoms with E-state index in [1.165, 1.54) is 18.2 Å². The zero-order valence-electron chi connectivity index (χ0n) is 20.4. The third kappa shape index (κ3) is 5.03. The molecule has 7 nitrogen and oxygen atoms in total. The van der Waals surface area contributed by atoms with Crippen molar-refractivity contribution < 1.29 is 23.5 Å². The summed E-state index contributed by atoms with van der Waals surface area (Å²) in [6.45, 7) is 3.04. The summed E-state index contributed by atoms with van der Waals surface area (Å²) in [5.41, 5.74) is 2.49. The number of hydrogen-bond acceptors (Lipinski definition) is 4. The van der Waals surface area contributed by atoms with Gasteiger partial charge in [0.2, 0.25) is 0 Å². The minimum absolute atomic E-state index is 0.158. The van der Waals surface area contributed by atoms with E-state index in [1.807, 2.05) is 54.1 Å². The molecule has 5 rings (SSSR count). The summed E-state index contributed by atoms with van der Waals surface area (Å²) >= 11 is 6.08. The number of anilines is 1. The van der Waals surface area contributed by atoms with Gasteiger partial charge in [0, 0.05) is 34.2 Å². The summed E-state index contributed by atoms with van der Waals surface area (Å²) in [6, 6.07) is 17.2. The van der Waals surface area contributed by atoms with Crippen molar-refractivity contribution in [3.63, 3.8) is 0 Å². The predicted molar refractivity (Wildman–Crippen MR) is 144 cm³/mol. The molecule has 192 valence electrons. The Bertz CT molecular complexity index is 1590. The van der Waals surface area contributed by atoms with Crippen LogP contribution in [0.15, 0.2) is 78.5 Å². The Morgan fingerprint density at radius 1 is 1.03 bits per heavy atom. The number of ether oxygens (including phenoxy) is 1. The number of urea groups is 1. The van der Waals surface area contributed by atoms with Gasteiger partial charge in [-0.15, -0.1) is 0 Å². The van der Waals surface area contributed by atoms with Crippen molar-refractivity contribution in [3.8, 4) is 5.75 Å². The summed E-state index contributed by atoms with van der Waals surface area (Å²) in [4.78, 5) is 39.1. The van der Waals surface area contributed by atoms with Crippen LogP contribution >= 0.6 is 11.6 Å². The Morgan fingerprint density at radius 2 is 1.79 bits per heavy atom. The van der Waals surface area contributed by atoms with Crippen LogP contribution in [-0.2, 0) is 16.1 Å². The lowest BCUT2D eigenvalue weighted by Crippen LogP contribution is -2.54. The second-order valence-corrected chi connectivity index (χ2v) is 9.25.